The second-order valence-corrected chi connectivity index (χ2v) is 6.55. The predicted molar refractivity (Wildman–Crippen MR) is 105 cm³/mol. The van der Waals surface area contributed by atoms with Crippen LogP contribution in [0.5, 0.6) is 0 Å². The van der Waals surface area contributed by atoms with E-state index >= 15 is 0 Å². The zero-order chi connectivity index (χ0) is 19.2. The molecule has 142 valence electrons. The summed E-state index contributed by atoms with van der Waals surface area (Å²) in [5, 5.41) is 7.67. The lowest BCUT2D eigenvalue weighted by atomic mass is 10.2. The number of unbranched alkanes of at least 4 members (excludes halogenated alkanes) is 2. The summed E-state index contributed by atoms with van der Waals surface area (Å²) in [6.45, 7) is 4.90. The topological polar surface area (TPSA) is 81.8 Å². The van der Waals surface area contributed by atoms with Crippen LogP contribution in [0.1, 0.15) is 38.4 Å². The molecule has 7 heteroatoms. The number of nitrogens with zero attached hydrogens (tertiary/aromatic N) is 4. The summed E-state index contributed by atoms with van der Waals surface area (Å²) in [7, 11) is 0. The molecule has 0 fully saturated rings. The van der Waals surface area contributed by atoms with Crippen LogP contribution in [0.25, 0.3) is 16.7 Å². The molecule has 0 aliphatic heterocycles. The Hall–Kier alpha value is -2.96. The summed E-state index contributed by atoms with van der Waals surface area (Å²) in [6.07, 6.45) is 5.00. The van der Waals surface area contributed by atoms with Crippen LogP contribution in [0, 0.1) is 6.92 Å². The molecule has 1 amide bonds. The molecule has 0 unspecified atom stereocenters. The van der Waals surface area contributed by atoms with E-state index in [4.69, 9.17) is 0 Å². The predicted octanol–water partition coefficient (Wildman–Crippen LogP) is 2.59. The van der Waals surface area contributed by atoms with E-state index in [1.807, 2.05) is 30.3 Å². The van der Waals surface area contributed by atoms with Crippen LogP contribution in [0.15, 0.2) is 41.3 Å². The first-order valence-electron chi connectivity index (χ1n) is 9.39. The van der Waals surface area contributed by atoms with Crippen molar-refractivity contribution in [3.8, 4) is 5.69 Å². The molecular formula is C20H25N5O2. The molecule has 0 aliphatic carbocycles. The van der Waals surface area contributed by atoms with Gasteiger partial charge in [0.25, 0.3) is 5.56 Å². The summed E-state index contributed by atoms with van der Waals surface area (Å²) in [4.78, 5) is 29.4. The Morgan fingerprint density at radius 3 is 2.70 bits per heavy atom. The van der Waals surface area contributed by atoms with Gasteiger partial charge in [0.15, 0.2) is 5.65 Å². The number of fused-ring (bicyclic) bond motifs is 1. The molecule has 0 saturated heterocycles. The maximum absolute atomic E-state index is 12.8. The fourth-order valence-electron chi connectivity index (χ4n) is 3.03. The number of amides is 1. The standard InChI is InChI=1S/C20H25N5O2/c1-3-4-8-12-21-18(26)11-13-24-15(2)23-19-17(20(24)27)14-22-25(19)16-9-6-5-7-10-16/h5-7,9-10,14H,3-4,8,11-13H2,1-2H3,(H,21,26). The van der Waals surface area contributed by atoms with Crippen molar-refractivity contribution < 1.29 is 4.79 Å². The van der Waals surface area contributed by atoms with Crippen molar-refractivity contribution in [2.45, 2.75) is 46.1 Å². The third-order valence-corrected chi connectivity index (χ3v) is 4.54. The van der Waals surface area contributed by atoms with Crippen LogP contribution >= 0.6 is 0 Å². The van der Waals surface area contributed by atoms with Crippen molar-refractivity contribution in [2.75, 3.05) is 6.54 Å². The number of benzene rings is 1. The van der Waals surface area contributed by atoms with Gasteiger partial charge in [-0.1, -0.05) is 38.0 Å². The minimum absolute atomic E-state index is 0.0440. The Bertz CT molecular complexity index is 975. The average molecular weight is 367 g/mol. The van der Waals surface area contributed by atoms with E-state index in [0.717, 1.165) is 24.9 Å². The molecule has 3 aromatic rings. The molecule has 27 heavy (non-hydrogen) atoms. The van der Waals surface area contributed by atoms with Crippen molar-refractivity contribution >= 4 is 16.9 Å². The van der Waals surface area contributed by atoms with Crippen molar-refractivity contribution in [3.63, 3.8) is 0 Å². The molecule has 0 aliphatic rings. The Kier molecular flexibility index (Phi) is 6.01. The van der Waals surface area contributed by atoms with Crippen molar-refractivity contribution in [2.24, 2.45) is 0 Å². The summed E-state index contributed by atoms with van der Waals surface area (Å²) in [5.74, 6) is 0.529. The Morgan fingerprint density at radius 2 is 1.96 bits per heavy atom. The molecule has 0 saturated carbocycles. The lowest BCUT2D eigenvalue weighted by Gasteiger charge is -2.10. The largest absolute Gasteiger partial charge is 0.356 e. The maximum atomic E-state index is 12.8. The van der Waals surface area contributed by atoms with Crippen LogP contribution in [0.4, 0.5) is 0 Å². The lowest BCUT2D eigenvalue weighted by molar-refractivity contribution is -0.121. The highest BCUT2D eigenvalue weighted by Gasteiger charge is 2.14. The summed E-state index contributed by atoms with van der Waals surface area (Å²) in [5.41, 5.74) is 1.21. The lowest BCUT2D eigenvalue weighted by Crippen LogP contribution is -2.29. The molecule has 1 N–H and O–H groups in total. The van der Waals surface area contributed by atoms with Crippen LogP contribution in [-0.4, -0.2) is 31.8 Å². The number of hydrogen-bond donors (Lipinski definition) is 1. The van der Waals surface area contributed by atoms with Gasteiger partial charge in [0.1, 0.15) is 11.2 Å². The molecule has 1 aromatic carbocycles. The van der Waals surface area contributed by atoms with Gasteiger partial charge in [0.2, 0.25) is 5.91 Å². The van der Waals surface area contributed by atoms with Gasteiger partial charge in [-0.15, -0.1) is 0 Å². The first-order chi connectivity index (χ1) is 13.1. The first-order valence-corrected chi connectivity index (χ1v) is 9.39. The minimum atomic E-state index is -0.168. The molecule has 0 spiro atoms. The molecule has 3 rings (SSSR count). The Balaban J connectivity index is 1.78. The number of carbonyl (C=O) groups is 1. The van der Waals surface area contributed by atoms with Gasteiger partial charge in [-0.3, -0.25) is 14.2 Å². The van der Waals surface area contributed by atoms with Gasteiger partial charge in [-0.2, -0.15) is 5.10 Å². The quantitative estimate of drug-likeness (QED) is 0.621. The van der Waals surface area contributed by atoms with E-state index in [-0.39, 0.29) is 17.9 Å². The highest BCUT2D eigenvalue weighted by molar-refractivity contribution is 5.76. The third-order valence-electron chi connectivity index (χ3n) is 4.54. The van der Waals surface area contributed by atoms with E-state index < -0.39 is 0 Å². The smallest absolute Gasteiger partial charge is 0.264 e. The van der Waals surface area contributed by atoms with Crippen LogP contribution in [-0.2, 0) is 11.3 Å². The zero-order valence-electron chi connectivity index (χ0n) is 15.8. The zero-order valence-corrected chi connectivity index (χ0v) is 15.8. The van der Waals surface area contributed by atoms with Gasteiger partial charge in [-0.25, -0.2) is 9.67 Å². The Labute approximate surface area is 158 Å². The summed E-state index contributed by atoms with van der Waals surface area (Å²) in [6, 6.07) is 9.58. The van der Waals surface area contributed by atoms with Gasteiger partial charge in [-0.05, 0) is 25.5 Å². The van der Waals surface area contributed by atoms with E-state index in [9.17, 15) is 9.59 Å². The number of aromatic nitrogens is 4. The normalized spacial score (nSPS) is 11.0. The molecule has 2 aromatic heterocycles. The van der Waals surface area contributed by atoms with E-state index in [1.165, 1.54) is 0 Å². The highest BCUT2D eigenvalue weighted by atomic mass is 16.1. The summed E-state index contributed by atoms with van der Waals surface area (Å²) < 4.78 is 3.21. The second-order valence-electron chi connectivity index (χ2n) is 6.55. The molecule has 0 radical (unpaired) electrons. The van der Waals surface area contributed by atoms with Crippen LogP contribution < -0.4 is 10.9 Å². The van der Waals surface area contributed by atoms with Crippen LogP contribution in [0.2, 0.25) is 0 Å². The molecule has 0 atom stereocenters. The highest BCUT2D eigenvalue weighted by Crippen LogP contribution is 2.14. The molecule has 2 heterocycles. The molecular weight excluding hydrogens is 342 g/mol. The van der Waals surface area contributed by atoms with Crippen molar-refractivity contribution in [1.29, 1.82) is 0 Å². The SMILES string of the molecule is CCCCCNC(=O)CCn1c(C)nc2c(cnn2-c2ccccc2)c1=O. The maximum Gasteiger partial charge on any atom is 0.264 e. The summed E-state index contributed by atoms with van der Waals surface area (Å²) >= 11 is 0. The number of carbonyl (C=O) groups excluding carboxylic acids is 1. The second kappa shape index (κ2) is 8.62. The van der Waals surface area contributed by atoms with E-state index in [2.05, 4.69) is 22.3 Å². The van der Waals surface area contributed by atoms with E-state index in [0.29, 0.717) is 29.9 Å². The van der Waals surface area contributed by atoms with Crippen molar-refractivity contribution in [3.05, 3.63) is 52.7 Å². The average Bonchev–Trinajstić information content (AvgIpc) is 3.09. The van der Waals surface area contributed by atoms with Crippen molar-refractivity contribution in [1.82, 2.24) is 24.6 Å². The minimum Gasteiger partial charge on any atom is -0.356 e. The van der Waals surface area contributed by atoms with Gasteiger partial charge in [0.05, 0.1) is 11.9 Å². The fourth-order valence-corrected chi connectivity index (χ4v) is 3.03. The fraction of sp³-hybridized carbons (Fsp3) is 0.400. The number of aryl methyl sites for hydroxylation is 1. The number of para-hydroxylation sites is 1. The third kappa shape index (κ3) is 4.24. The number of hydrogen-bond acceptors (Lipinski definition) is 4. The van der Waals surface area contributed by atoms with Gasteiger partial charge < -0.3 is 5.32 Å². The van der Waals surface area contributed by atoms with E-state index in [1.54, 1.807) is 22.4 Å². The monoisotopic (exact) mass is 367 g/mol. The van der Waals surface area contributed by atoms with Gasteiger partial charge in [0, 0.05) is 19.5 Å². The molecule has 0 bridgehead atoms. The first kappa shape index (κ1) is 18.8. The van der Waals surface area contributed by atoms with Crippen LogP contribution in [0.3, 0.4) is 0 Å². The van der Waals surface area contributed by atoms with Gasteiger partial charge >= 0.3 is 0 Å². The number of rotatable bonds is 8. The molecule has 7 nitrogen and oxygen atoms in total. The number of nitrogens with one attached hydrogen (secondary N) is 1. The Morgan fingerprint density at radius 1 is 1.19 bits per heavy atom.